The van der Waals surface area contributed by atoms with Crippen molar-refractivity contribution < 1.29 is 17.6 Å². The van der Waals surface area contributed by atoms with Crippen molar-refractivity contribution in [2.45, 2.75) is 19.0 Å². The molecule has 6 heteroatoms. The quantitative estimate of drug-likeness (QED) is 0.868. The molecule has 5 nitrogen and oxygen atoms in total. The van der Waals surface area contributed by atoms with Gasteiger partial charge in [-0.2, -0.15) is 4.31 Å². The summed E-state index contributed by atoms with van der Waals surface area (Å²) >= 11 is 0. The molecule has 0 N–H and O–H groups in total. The lowest BCUT2D eigenvalue weighted by Gasteiger charge is -2.51. The first-order valence-corrected chi connectivity index (χ1v) is 8.94. The molecule has 0 spiro atoms. The minimum absolute atomic E-state index is 0.134. The largest absolute Gasteiger partial charge is 0.497 e. The van der Waals surface area contributed by atoms with Gasteiger partial charge in [0.05, 0.1) is 31.7 Å². The number of nitrogens with zero attached hydrogens (tertiary/aromatic N) is 1. The standard InChI is InChI=1S/C16H19NO4S/c1-11-15(12-6-8-13(20-2)9-7-12)17(22(3,18)19)16(11)14-5-4-10-21-14/h4-11,15-16H,1-3H3/t11-,15+,16+/m1/s1. The van der Waals surface area contributed by atoms with Crippen LogP contribution in [0.4, 0.5) is 0 Å². The highest BCUT2D eigenvalue weighted by molar-refractivity contribution is 7.88. The van der Waals surface area contributed by atoms with Gasteiger partial charge in [0.15, 0.2) is 0 Å². The summed E-state index contributed by atoms with van der Waals surface area (Å²) < 4.78 is 36.6. The van der Waals surface area contributed by atoms with Gasteiger partial charge in [-0.25, -0.2) is 8.42 Å². The van der Waals surface area contributed by atoms with Crippen LogP contribution in [0.25, 0.3) is 0 Å². The summed E-state index contributed by atoms with van der Waals surface area (Å²) in [5.41, 5.74) is 0.960. The Balaban J connectivity index is 1.97. The average molecular weight is 321 g/mol. The minimum Gasteiger partial charge on any atom is -0.497 e. The van der Waals surface area contributed by atoms with Crippen LogP contribution in [0.5, 0.6) is 5.75 Å². The normalized spacial score (nSPS) is 25.7. The Hall–Kier alpha value is -1.79. The third-order valence-electron chi connectivity index (χ3n) is 4.22. The third-order valence-corrected chi connectivity index (χ3v) is 5.44. The van der Waals surface area contributed by atoms with E-state index in [0.29, 0.717) is 5.76 Å². The zero-order valence-corrected chi connectivity index (χ0v) is 13.6. The fourth-order valence-electron chi connectivity index (χ4n) is 3.22. The van der Waals surface area contributed by atoms with Gasteiger partial charge < -0.3 is 9.15 Å². The Morgan fingerprint density at radius 2 is 1.82 bits per heavy atom. The lowest BCUT2D eigenvalue weighted by molar-refractivity contribution is 0.0161. The zero-order valence-electron chi connectivity index (χ0n) is 12.8. The number of furan rings is 1. The highest BCUT2D eigenvalue weighted by Gasteiger charge is 2.53. The Labute approximate surface area is 130 Å². The number of benzene rings is 1. The molecule has 3 rings (SSSR count). The van der Waals surface area contributed by atoms with Crippen molar-refractivity contribution in [1.82, 2.24) is 4.31 Å². The molecule has 22 heavy (non-hydrogen) atoms. The van der Waals surface area contributed by atoms with Crippen molar-refractivity contribution in [3.05, 3.63) is 54.0 Å². The molecule has 0 bridgehead atoms. The molecule has 2 heterocycles. The molecule has 1 aliphatic heterocycles. The molecule has 0 unspecified atom stereocenters. The van der Waals surface area contributed by atoms with Crippen LogP contribution in [-0.4, -0.2) is 26.1 Å². The predicted octanol–water partition coefficient (Wildman–Crippen LogP) is 2.98. The van der Waals surface area contributed by atoms with E-state index >= 15 is 0 Å². The van der Waals surface area contributed by atoms with E-state index in [1.807, 2.05) is 37.3 Å². The second kappa shape index (κ2) is 5.44. The number of hydrogen-bond acceptors (Lipinski definition) is 4. The van der Waals surface area contributed by atoms with Crippen molar-refractivity contribution in [3.63, 3.8) is 0 Å². The topological polar surface area (TPSA) is 59.8 Å². The van der Waals surface area contributed by atoms with E-state index in [4.69, 9.17) is 9.15 Å². The third kappa shape index (κ3) is 2.42. The number of hydrogen-bond donors (Lipinski definition) is 0. The van der Waals surface area contributed by atoms with E-state index in [0.717, 1.165) is 11.3 Å². The first-order valence-electron chi connectivity index (χ1n) is 7.09. The fraction of sp³-hybridized carbons (Fsp3) is 0.375. The van der Waals surface area contributed by atoms with E-state index in [-0.39, 0.29) is 18.0 Å². The molecule has 1 aliphatic rings. The fourth-order valence-corrected chi connectivity index (χ4v) is 4.65. The van der Waals surface area contributed by atoms with Crippen LogP contribution in [0, 0.1) is 5.92 Å². The number of rotatable bonds is 4. The van der Waals surface area contributed by atoms with Crippen LogP contribution in [0.15, 0.2) is 47.1 Å². The summed E-state index contributed by atoms with van der Waals surface area (Å²) in [7, 11) is -1.74. The maximum absolute atomic E-state index is 12.2. The molecule has 1 fully saturated rings. The first kappa shape index (κ1) is 15.1. The van der Waals surface area contributed by atoms with Crippen LogP contribution in [0.3, 0.4) is 0 Å². The first-order chi connectivity index (χ1) is 10.4. The Bertz CT molecular complexity index is 737. The SMILES string of the molecule is COc1ccc([C@@H]2[C@@H](C)[C@@H](c3ccco3)N2S(C)(=O)=O)cc1. The number of ether oxygens (including phenoxy) is 1. The van der Waals surface area contributed by atoms with Crippen LogP contribution >= 0.6 is 0 Å². The van der Waals surface area contributed by atoms with Crippen molar-refractivity contribution in [2.24, 2.45) is 5.92 Å². The van der Waals surface area contributed by atoms with E-state index in [2.05, 4.69) is 0 Å². The zero-order chi connectivity index (χ0) is 15.9. The molecule has 1 saturated heterocycles. The van der Waals surface area contributed by atoms with Gasteiger partial charge in [-0.15, -0.1) is 0 Å². The Kier molecular flexibility index (Phi) is 3.74. The molecule has 2 aromatic rings. The maximum Gasteiger partial charge on any atom is 0.212 e. The lowest BCUT2D eigenvalue weighted by atomic mass is 9.79. The summed E-state index contributed by atoms with van der Waals surface area (Å²) in [6, 6.07) is 10.7. The van der Waals surface area contributed by atoms with Crippen molar-refractivity contribution in [2.75, 3.05) is 13.4 Å². The number of sulfonamides is 1. The van der Waals surface area contributed by atoms with Crippen molar-refractivity contribution in [3.8, 4) is 5.75 Å². The Morgan fingerprint density at radius 1 is 1.14 bits per heavy atom. The second-order valence-electron chi connectivity index (χ2n) is 5.63. The summed E-state index contributed by atoms with van der Waals surface area (Å²) in [4.78, 5) is 0. The van der Waals surface area contributed by atoms with Crippen molar-refractivity contribution >= 4 is 10.0 Å². The van der Waals surface area contributed by atoms with Gasteiger partial charge in [0.1, 0.15) is 11.5 Å². The monoisotopic (exact) mass is 321 g/mol. The van der Waals surface area contributed by atoms with Crippen LogP contribution in [0.2, 0.25) is 0 Å². The van der Waals surface area contributed by atoms with Gasteiger partial charge in [-0.1, -0.05) is 19.1 Å². The highest BCUT2D eigenvalue weighted by atomic mass is 32.2. The van der Waals surface area contributed by atoms with Crippen LogP contribution < -0.4 is 4.74 Å². The summed E-state index contributed by atoms with van der Waals surface area (Å²) in [5, 5.41) is 0. The van der Waals surface area contributed by atoms with E-state index in [1.54, 1.807) is 19.4 Å². The molecule has 1 aromatic heterocycles. The van der Waals surface area contributed by atoms with Gasteiger partial charge in [-0.05, 0) is 29.8 Å². The van der Waals surface area contributed by atoms with Gasteiger partial charge in [0.25, 0.3) is 0 Å². The minimum atomic E-state index is -3.35. The average Bonchev–Trinajstić information content (AvgIpc) is 2.98. The second-order valence-corrected chi connectivity index (χ2v) is 7.52. The van der Waals surface area contributed by atoms with Crippen LogP contribution in [0.1, 0.15) is 30.3 Å². The van der Waals surface area contributed by atoms with Gasteiger partial charge in [0.2, 0.25) is 10.0 Å². The van der Waals surface area contributed by atoms with Crippen molar-refractivity contribution in [1.29, 1.82) is 0 Å². The van der Waals surface area contributed by atoms with Gasteiger partial charge >= 0.3 is 0 Å². The molecule has 0 aliphatic carbocycles. The maximum atomic E-state index is 12.2. The molecule has 0 radical (unpaired) electrons. The van der Waals surface area contributed by atoms with E-state index < -0.39 is 10.0 Å². The van der Waals surface area contributed by atoms with Gasteiger partial charge in [0, 0.05) is 5.92 Å². The molecular formula is C16H19NO4S. The lowest BCUT2D eigenvalue weighted by Crippen LogP contribution is -2.53. The highest BCUT2D eigenvalue weighted by Crippen LogP contribution is 2.54. The molecule has 1 aromatic carbocycles. The molecule has 118 valence electrons. The molecule has 3 atom stereocenters. The summed E-state index contributed by atoms with van der Waals surface area (Å²) in [6.07, 6.45) is 2.81. The predicted molar refractivity (Wildman–Crippen MR) is 83.0 cm³/mol. The Morgan fingerprint density at radius 3 is 2.32 bits per heavy atom. The van der Waals surface area contributed by atoms with E-state index in [9.17, 15) is 8.42 Å². The number of methoxy groups -OCH3 is 1. The van der Waals surface area contributed by atoms with E-state index in [1.165, 1.54) is 10.6 Å². The molecule has 0 amide bonds. The van der Waals surface area contributed by atoms with Gasteiger partial charge in [-0.3, -0.25) is 0 Å². The smallest absolute Gasteiger partial charge is 0.212 e. The molecule has 0 saturated carbocycles. The molecular weight excluding hydrogens is 302 g/mol. The summed E-state index contributed by atoms with van der Waals surface area (Å²) in [5.74, 6) is 1.57. The van der Waals surface area contributed by atoms with Crippen LogP contribution in [-0.2, 0) is 10.0 Å². The summed E-state index contributed by atoms with van der Waals surface area (Å²) in [6.45, 7) is 2.05.